The van der Waals surface area contributed by atoms with E-state index in [0.717, 1.165) is 20.0 Å². The van der Waals surface area contributed by atoms with Gasteiger partial charge in [-0.05, 0) is 0 Å². The molecule has 2 aliphatic rings. The van der Waals surface area contributed by atoms with E-state index in [-0.39, 0.29) is 38.6 Å². The van der Waals surface area contributed by atoms with Crippen molar-refractivity contribution in [3.63, 3.8) is 0 Å². The molecule has 1 nitrogen and oxygen atoms in total. The van der Waals surface area contributed by atoms with E-state index in [1.54, 1.807) is 0 Å². The van der Waals surface area contributed by atoms with Crippen molar-refractivity contribution >= 4 is 12.4 Å². The van der Waals surface area contributed by atoms with Crippen LogP contribution in [-0.4, -0.2) is 12.2 Å². The van der Waals surface area contributed by atoms with Gasteiger partial charge in [-0.1, -0.05) is 0 Å². The van der Waals surface area contributed by atoms with E-state index in [1.807, 2.05) is 54.6 Å². The molecule has 105 valence electrons. The minimum absolute atomic E-state index is 0. The van der Waals surface area contributed by atoms with Crippen LogP contribution in [0.25, 0.3) is 0 Å². The number of aliphatic hydroxyl groups excluding tert-OH is 1. The summed E-state index contributed by atoms with van der Waals surface area (Å²) in [5.41, 5.74) is 0. The van der Waals surface area contributed by atoms with E-state index in [9.17, 15) is 0 Å². The maximum atomic E-state index is 7.00. The van der Waals surface area contributed by atoms with Gasteiger partial charge >= 0.3 is 26.2 Å². The molecule has 20 heavy (non-hydrogen) atoms. The maximum absolute atomic E-state index is 7.00. The Morgan fingerprint density at radius 2 is 1.25 bits per heavy atom. The van der Waals surface area contributed by atoms with Crippen LogP contribution in [0.5, 0.6) is 0 Å². The predicted molar refractivity (Wildman–Crippen MR) is 83.8 cm³/mol. The van der Waals surface area contributed by atoms with Gasteiger partial charge in [-0.25, -0.2) is 24.3 Å². The van der Waals surface area contributed by atoms with E-state index >= 15 is 0 Å². The van der Waals surface area contributed by atoms with E-state index < -0.39 is 0 Å². The van der Waals surface area contributed by atoms with Crippen molar-refractivity contribution in [3.8, 4) is 0 Å². The Morgan fingerprint density at radius 3 is 1.35 bits per heavy atom. The molecular formula is C17H20ClOZr. The van der Waals surface area contributed by atoms with Crippen LogP contribution in [0, 0.1) is 18.2 Å². The van der Waals surface area contributed by atoms with Crippen molar-refractivity contribution in [2.75, 3.05) is 7.11 Å². The first-order valence-corrected chi connectivity index (χ1v) is 5.79. The smallest absolute Gasteiger partial charge is 0.400 e. The molecule has 0 unspecified atom stereocenters. The molecule has 0 atom stereocenters. The van der Waals surface area contributed by atoms with Gasteiger partial charge in [0.1, 0.15) is 0 Å². The quantitative estimate of drug-likeness (QED) is 0.684. The molecule has 0 aromatic heterocycles. The van der Waals surface area contributed by atoms with Gasteiger partial charge in [-0.3, -0.25) is 12.2 Å². The summed E-state index contributed by atoms with van der Waals surface area (Å²) in [4.78, 5) is 0. The first-order valence-electron chi connectivity index (χ1n) is 5.79. The predicted octanol–water partition coefficient (Wildman–Crippen LogP) is 4.13. The van der Waals surface area contributed by atoms with Crippen LogP contribution in [0.1, 0.15) is 12.8 Å². The van der Waals surface area contributed by atoms with Crippen LogP contribution < -0.4 is 0 Å². The van der Waals surface area contributed by atoms with Crippen molar-refractivity contribution < 1.29 is 31.3 Å². The Kier molecular flexibility index (Phi) is 28.5. The summed E-state index contributed by atoms with van der Waals surface area (Å²) in [6.07, 6.45) is 20.0. The zero-order valence-corrected chi connectivity index (χ0v) is 14.9. The van der Waals surface area contributed by atoms with E-state index in [2.05, 4.69) is 30.4 Å². The first-order chi connectivity index (χ1) is 9.00. The second-order valence-electron chi connectivity index (χ2n) is 3.08. The third-order valence-electron chi connectivity index (χ3n) is 1.78. The molecule has 0 saturated carbocycles. The minimum atomic E-state index is 0. The molecule has 1 radical (unpaired) electrons. The molecule has 0 heterocycles. The van der Waals surface area contributed by atoms with Crippen molar-refractivity contribution in [2.24, 2.45) is 0 Å². The van der Waals surface area contributed by atoms with Crippen LogP contribution in [0.3, 0.4) is 0 Å². The third-order valence-corrected chi connectivity index (χ3v) is 1.78. The van der Waals surface area contributed by atoms with Crippen LogP contribution in [0.2, 0.25) is 0 Å². The van der Waals surface area contributed by atoms with Gasteiger partial charge in [0.15, 0.2) is 0 Å². The van der Waals surface area contributed by atoms with E-state index in [1.165, 1.54) is 0 Å². The number of hydrogen-bond donors (Lipinski definition) is 1. The van der Waals surface area contributed by atoms with Gasteiger partial charge in [0.2, 0.25) is 0 Å². The summed E-state index contributed by atoms with van der Waals surface area (Å²) >= 11 is 0. The summed E-state index contributed by atoms with van der Waals surface area (Å²) in [6, 6.07) is 12.5. The Balaban J connectivity index is -0.000000196. The molecule has 0 bridgehead atoms. The van der Waals surface area contributed by atoms with Gasteiger partial charge in [-0.15, -0.1) is 25.2 Å². The molecule has 0 fully saturated rings. The number of benzene rings is 1. The molecule has 1 aromatic carbocycles. The zero-order chi connectivity index (χ0) is 13.3. The average molecular weight is 367 g/mol. The monoisotopic (exact) mass is 365 g/mol. The molecule has 2 aliphatic carbocycles. The van der Waals surface area contributed by atoms with Crippen molar-refractivity contribution in [2.45, 2.75) is 12.8 Å². The van der Waals surface area contributed by atoms with Gasteiger partial charge in [0, 0.05) is 7.11 Å². The third kappa shape index (κ3) is 19.6. The minimum Gasteiger partial charge on any atom is -0.400 e. The fourth-order valence-electron chi connectivity index (χ4n) is 1.02. The molecule has 1 N–H and O–H groups in total. The topological polar surface area (TPSA) is 20.2 Å². The number of hydrogen-bond acceptors (Lipinski definition) is 1. The fourth-order valence-corrected chi connectivity index (χ4v) is 1.02. The number of rotatable bonds is 0. The summed E-state index contributed by atoms with van der Waals surface area (Å²) in [6.45, 7) is 0. The molecule has 3 heteroatoms. The number of halogens is 1. The molecule has 1 aromatic rings. The second kappa shape index (κ2) is 23.4. The molecule has 0 aliphatic heterocycles. The van der Waals surface area contributed by atoms with Crippen LogP contribution in [0.4, 0.5) is 0 Å². The molecule has 3 rings (SSSR count). The average Bonchev–Trinajstić information content (AvgIpc) is 3.21. The van der Waals surface area contributed by atoms with Crippen molar-refractivity contribution in [1.82, 2.24) is 0 Å². The van der Waals surface area contributed by atoms with E-state index in [0.29, 0.717) is 0 Å². The Hall–Kier alpha value is -0.687. The standard InChI is InChI=1S/C6H5.2C5H5.CH4O.ClH.Zr/c1-2-4-6-5-3-1;2*1-2-4-5-3-1;1-2;;/h1-5H;2*1-3H,4H2;2H,1H3;1H;/q3*-1;;;+3. The summed E-state index contributed by atoms with van der Waals surface area (Å²) < 4.78 is 0. The van der Waals surface area contributed by atoms with Crippen LogP contribution in [-0.2, 0) is 26.2 Å². The second-order valence-corrected chi connectivity index (χ2v) is 3.08. The molecule has 0 spiro atoms. The first kappa shape index (κ1) is 24.3. The summed E-state index contributed by atoms with van der Waals surface area (Å²) in [5, 5.41) is 7.00. The van der Waals surface area contributed by atoms with Crippen molar-refractivity contribution in [3.05, 3.63) is 85.0 Å². The molecular weight excluding hydrogens is 347 g/mol. The SMILES string of the molecule is CO.Cl.[C-]1=CC=CC1.[C-]1=CC=CC1.[Zr+3].[c-]1ccccc1. The number of allylic oxidation sites excluding steroid dienone is 8. The van der Waals surface area contributed by atoms with Gasteiger partial charge in [0.05, 0.1) is 0 Å². The van der Waals surface area contributed by atoms with Crippen molar-refractivity contribution in [1.29, 1.82) is 0 Å². The summed E-state index contributed by atoms with van der Waals surface area (Å²) in [5.74, 6) is 0. The van der Waals surface area contributed by atoms with Crippen LogP contribution in [0.15, 0.2) is 66.8 Å². The van der Waals surface area contributed by atoms with Gasteiger partial charge < -0.3 is 5.11 Å². The maximum Gasteiger partial charge on any atom is 3.00 e. The summed E-state index contributed by atoms with van der Waals surface area (Å²) in [7, 11) is 1.00. The Labute approximate surface area is 148 Å². The normalized spacial score (nSPS) is 11.5. The Bertz CT molecular complexity index is 301. The Morgan fingerprint density at radius 1 is 0.800 bits per heavy atom. The van der Waals surface area contributed by atoms with Gasteiger partial charge in [-0.2, -0.15) is 48.6 Å². The molecule has 0 amide bonds. The largest absolute Gasteiger partial charge is 3.00 e. The zero-order valence-electron chi connectivity index (χ0n) is 11.6. The number of aliphatic hydroxyl groups is 1. The van der Waals surface area contributed by atoms with E-state index in [4.69, 9.17) is 5.11 Å². The fraction of sp³-hybridized carbons (Fsp3) is 0.176. The molecule has 0 saturated heterocycles. The van der Waals surface area contributed by atoms with Crippen LogP contribution >= 0.6 is 12.4 Å². The van der Waals surface area contributed by atoms with Gasteiger partial charge in [0.25, 0.3) is 0 Å².